The molecule has 0 aliphatic carbocycles. The topological polar surface area (TPSA) is 81.1 Å². The predicted molar refractivity (Wildman–Crippen MR) is 91.1 cm³/mol. The normalized spacial score (nSPS) is 20.3. The second kappa shape index (κ2) is 7.44. The molecule has 1 fully saturated rings. The Bertz CT molecular complexity index is 654. The molecule has 0 spiro atoms. The van der Waals surface area contributed by atoms with Crippen LogP contribution < -0.4 is 10.6 Å². The average molecular weight is 329 g/mol. The summed E-state index contributed by atoms with van der Waals surface area (Å²) >= 11 is 0. The summed E-state index contributed by atoms with van der Waals surface area (Å²) < 4.78 is 7.40. The Hall–Kier alpha value is -2.41. The number of nitrogens with zero attached hydrogens (tertiary/aromatic N) is 3. The van der Waals surface area contributed by atoms with E-state index in [0.717, 1.165) is 24.4 Å². The first kappa shape index (κ1) is 16.4. The molecule has 1 aliphatic rings. The van der Waals surface area contributed by atoms with Gasteiger partial charge in [-0.3, -0.25) is 0 Å². The summed E-state index contributed by atoms with van der Waals surface area (Å²) in [5.74, 6) is 0.845. The second-order valence-electron chi connectivity index (χ2n) is 6.36. The van der Waals surface area contributed by atoms with E-state index in [2.05, 4.69) is 34.8 Å². The van der Waals surface area contributed by atoms with Gasteiger partial charge in [-0.1, -0.05) is 19.1 Å². The molecule has 7 heteroatoms. The van der Waals surface area contributed by atoms with Crippen LogP contribution >= 0.6 is 0 Å². The summed E-state index contributed by atoms with van der Waals surface area (Å²) in [6.07, 6.45) is 4.61. The van der Waals surface area contributed by atoms with E-state index in [1.54, 1.807) is 17.1 Å². The molecule has 3 rings (SSSR count). The maximum atomic E-state index is 12.1. The van der Waals surface area contributed by atoms with E-state index in [1.807, 2.05) is 24.3 Å². The molecule has 0 radical (unpaired) electrons. The van der Waals surface area contributed by atoms with Crippen molar-refractivity contribution in [1.82, 2.24) is 20.3 Å². The molecule has 2 N–H and O–H groups in total. The zero-order valence-electron chi connectivity index (χ0n) is 14.0. The molecule has 2 aromatic rings. The fourth-order valence-corrected chi connectivity index (χ4v) is 3.05. The van der Waals surface area contributed by atoms with Gasteiger partial charge in [0, 0.05) is 24.8 Å². The van der Waals surface area contributed by atoms with E-state index in [0.29, 0.717) is 18.4 Å². The van der Waals surface area contributed by atoms with Gasteiger partial charge in [0.25, 0.3) is 0 Å². The van der Waals surface area contributed by atoms with Crippen molar-refractivity contribution < 1.29 is 9.53 Å². The molecule has 24 heavy (non-hydrogen) atoms. The molecule has 1 aliphatic heterocycles. The lowest BCUT2D eigenvalue weighted by molar-refractivity contribution is 0.0546. The van der Waals surface area contributed by atoms with Gasteiger partial charge in [0.1, 0.15) is 0 Å². The van der Waals surface area contributed by atoms with Gasteiger partial charge < -0.3 is 15.4 Å². The fraction of sp³-hybridized carbons (Fsp3) is 0.471. The van der Waals surface area contributed by atoms with Crippen LogP contribution in [0.4, 0.5) is 10.5 Å². The number of nitrogens with one attached hydrogen (secondary N) is 2. The number of ether oxygens (including phenoxy) is 1. The molecule has 0 saturated carbocycles. The van der Waals surface area contributed by atoms with Crippen molar-refractivity contribution in [2.24, 2.45) is 11.8 Å². The van der Waals surface area contributed by atoms with Crippen LogP contribution in [0.25, 0.3) is 5.69 Å². The minimum absolute atomic E-state index is 0.196. The minimum Gasteiger partial charge on any atom is -0.378 e. The van der Waals surface area contributed by atoms with Crippen LogP contribution in [0, 0.1) is 11.8 Å². The highest BCUT2D eigenvalue weighted by Crippen LogP contribution is 2.26. The third-order valence-electron chi connectivity index (χ3n) is 4.26. The van der Waals surface area contributed by atoms with Gasteiger partial charge in [-0.05, 0) is 36.6 Å². The fourth-order valence-electron chi connectivity index (χ4n) is 3.05. The number of carbonyl (C=O) groups is 1. The standard InChI is InChI=1S/C17H23N5O2/c1-12(2)16-13(7-10-24-16)11-18-17(23)20-14-3-5-15(6-4-14)22-9-8-19-21-22/h3-6,8-9,12-13,16H,7,10-11H2,1-2H3,(H2,18,20,23). The third kappa shape index (κ3) is 3.91. The highest BCUT2D eigenvalue weighted by molar-refractivity contribution is 5.89. The zero-order chi connectivity index (χ0) is 16.9. The van der Waals surface area contributed by atoms with Crippen LogP contribution in [0.5, 0.6) is 0 Å². The van der Waals surface area contributed by atoms with Crippen LogP contribution in [0.2, 0.25) is 0 Å². The first-order valence-corrected chi connectivity index (χ1v) is 8.26. The molecule has 2 atom stereocenters. The maximum absolute atomic E-state index is 12.1. The van der Waals surface area contributed by atoms with Crippen molar-refractivity contribution in [3.63, 3.8) is 0 Å². The van der Waals surface area contributed by atoms with Crippen molar-refractivity contribution >= 4 is 11.7 Å². The Morgan fingerprint density at radius 3 is 2.83 bits per heavy atom. The van der Waals surface area contributed by atoms with Gasteiger partial charge >= 0.3 is 6.03 Å². The Kier molecular flexibility index (Phi) is 5.10. The summed E-state index contributed by atoms with van der Waals surface area (Å²) in [7, 11) is 0. The van der Waals surface area contributed by atoms with Gasteiger partial charge in [-0.2, -0.15) is 0 Å². The van der Waals surface area contributed by atoms with Gasteiger partial charge in [0.15, 0.2) is 0 Å². The summed E-state index contributed by atoms with van der Waals surface area (Å²) in [5.41, 5.74) is 1.63. The first-order valence-electron chi connectivity index (χ1n) is 8.26. The summed E-state index contributed by atoms with van der Waals surface area (Å²) in [6, 6.07) is 7.24. The largest absolute Gasteiger partial charge is 0.378 e. The maximum Gasteiger partial charge on any atom is 0.319 e. The van der Waals surface area contributed by atoms with E-state index in [9.17, 15) is 4.79 Å². The van der Waals surface area contributed by atoms with Crippen molar-refractivity contribution in [3.05, 3.63) is 36.7 Å². The van der Waals surface area contributed by atoms with Crippen molar-refractivity contribution in [2.75, 3.05) is 18.5 Å². The van der Waals surface area contributed by atoms with Gasteiger partial charge in [-0.15, -0.1) is 5.10 Å². The number of hydrogen-bond acceptors (Lipinski definition) is 4. The number of hydrogen-bond donors (Lipinski definition) is 2. The molecule has 2 heterocycles. The van der Waals surface area contributed by atoms with Crippen molar-refractivity contribution in [3.8, 4) is 5.69 Å². The quantitative estimate of drug-likeness (QED) is 0.883. The first-order chi connectivity index (χ1) is 11.6. The lowest BCUT2D eigenvalue weighted by atomic mass is 9.93. The van der Waals surface area contributed by atoms with Gasteiger partial charge in [0.05, 0.1) is 24.2 Å². The van der Waals surface area contributed by atoms with Crippen molar-refractivity contribution in [1.29, 1.82) is 0 Å². The molecule has 7 nitrogen and oxygen atoms in total. The third-order valence-corrected chi connectivity index (χ3v) is 4.26. The van der Waals surface area contributed by atoms with E-state index < -0.39 is 0 Å². The van der Waals surface area contributed by atoms with Crippen LogP contribution in [0.1, 0.15) is 20.3 Å². The van der Waals surface area contributed by atoms with Crippen molar-refractivity contribution in [2.45, 2.75) is 26.4 Å². The monoisotopic (exact) mass is 329 g/mol. The number of carbonyl (C=O) groups excluding carboxylic acids is 1. The van der Waals surface area contributed by atoms with Crippen LogP contribution in [0.15, 0.2) is 36.7 Å². The SMILES string of the molecule is CC(C)C1OCCC1CNC(=O)Nc1ccc(-n2ccnn2)cc1. The molecule has 2 amide bonds. The van der Waals surface area contributed by atoms with Gasteiger partial charge in [0.2, 0.25) is 0 Å². The number of benzene rings is 1. The van der Waals surface area contributed by atoms with Crippen LogP contribution in [-0.2, 0) is 4.74 Å². The lowest BCUT2D eigenvalue weighted by Gasteiger charge is -2.22. The number of urea groups is 1. The zero-order valence-corrected chi connectivity index (χ0v) is 14.0. The number of anilines is 1. The highest BCUT2D eigenvalue weighted by Gasteiger charge is 2.30. The lowest BCUT2D eigenvalue weighted by Crippen LogP contribution is -2.37. The Balaban J connectivity index is 1.50. The van der Waals surface area contributed by atoms with E-state index in [4.69, 9.17) is 4.74 Å². The number of aromatic nitrogens is 3. The molecular weight excluding hydrogens is 306 g/mol. The Labute approximate surface area is 141 Å². The molecule has 128 valence electrons. The predicted octanol–water partition coefficient (Wildman–Crippen LogP) is 2.45. The van der Waals surface area contributed by atoms with E-state index in [1.165, 1.54) is 0 Å². The van der Waals surface area contributed by atoms with E-state index >= 15 is 0 Å². The summed E-state index contributed by atoms with van der Waals surface area (Å²) in [6.45, 7) is 5.71. The number of rotatable bonds is 5. The van der Waals surface area contributed by atoms with Crippen LogP contribution in [0.3, 0.4) is 0 Å². The highest BCUT2D eigenvalue weighted by atomic mass is 16.5. The summed E-state index contributed by atoms with van der Waals surface area (Å²) in [5, 5.41) is 13.5. The van der Waals surface area contributed by atoms with E-state index in [-0.39, 0.29) is 12.1 Å². The minimum atomic E-state index is -0.196. The Morgan fingerprint density at radius 2 is 2.17 bits per heavy atom. The molecule has 0 bridgehead atoms. The summed E-state index contributed by atoms with van der Waals surface area (Å²) in [4.78, 5) is 12.1. The van der Waals surface area contributed by atoms with Crippen LogP contribution in [-0.4, -0.2) is 40.3 Å². The second-order valence-corrected chi connectivity index (χ2v) is 6.36. The molecule has 1 aromatic heterocycles. The number of amides is 2. The Morgan fingerprint density at radius 1 is 1.38 bits per heavy atom. The molecule has 1 aromatic carbocycles. The average Bonchev–Trinajstić information content (AvgIpc) is 3.25. The van der Waals surface area contributed by atoms with Gasteiger partial charge in [-0.25, -0.2) is 9.48 Å². The molecule has 2 unspecified atom stereocenters. The molecular formula is C17H23N5O2. The smallest absolute Gasteiger partial charge is 0.319 e. The molecule has 1 saturated heterocycles.